The van der Waals surface area contributed by atoms with Gasteiger partial charge in [-0.05, 0) is 37.1 Å². The molecule has 1 aromatic carbocycles. The number of ether oxygens (including phenoxy) is 2. The Morgan fingerprint density at radius 1 is 1.21 bits per heavy atom. The first-order valence-corrected chi connectivity index (χ1v) is 9.30. The number of fused-ring (bicyclic) bond motifs is 1. The third kappa shape index (κ3) is 3.63. The van der Waals surface area contributed by atoms with Gasteiger partial charge in [0, 0.05) is 18.4 Å². The van der Waals surface area contributed by atoms with Gasteiger partial charge in [0.2, 0.25) is 0 Å². The van der Waals surface area contributed by atoms with Crippen molar-refractivity contribution in [1.82, 2.24) is 9.88 Å². The van der Waals surface area contributed by atoms with E-state index < -0.39 is 11.9 Å². The number of nitrogens with zero attached hydrogens (tertiary/aromatic N) is 2. The molecule has 2 amide bonds. The minimum absolute atomic E-state index is 0.0259. The largest absolute Gasteiger partial charge is 0.457 e. The van der Waals surface area contributed by atoms with E-state index in [1.54, 1.807) is 12.1 Å². The number of esters is 1. The van der Waals surface area contributed by atoms with Crippen molar-refractivity contribution in [3.05, 3.63) is 63.9 Å². The van der Waals surface area contributed by atoms with Crippen molar-refractivity contribution in [2.24, 2.45) is 0 Å². The minimum Gasteiger partial charge on any atom is -0.457 e. The fourth-order valence-electron chi connectivity index (χ4n) is 3.30. The van der Waals surface area contributed by atoms with Crippen LogP contribution in [0.1, 0.15) is 49.5 Å². The van der Waals surface area contributed by atoms with Crippen LogP contribution in [0.15, 0.2) is 36.5 Å². The fraction of sp³-hybridized carbons (Fsp3) is 0.300. The molecule has 7 nitrogen and oxygen atoms in total. The zero-order chi connectivity index (χ0) is 19.7. The van der Waals surface area contributed by atoms with Gasteiger partial charge in [0.25, 0.3) is 11.8 Å². The number of hydrogen-bond donors (Lipinski definition) is 0. The van der Waals surface area contributed by atoms with E-state index in [1.807, 2.05) is 0 Å². The molecule has 1 fully saturated rings. The van der Waals surface area contributed by atoms with Gasteiger partial charge in [-0.1, -0.05) is 17.7 Å². The molecule has 2 aromatic rings. The topological polar surface area (TPSA) is 85.8 Å². The standard InChI is InChI=1S/C20H17ClN2O5/c21-17-6-3-12(9-22-17)11-28-20(26)13-4-5-15-16(8-13)19(25)23(18(15)24)10-14-2-1-7-27-14/h3-6,8-9,14H,1-2,7,10-11H2. The Balaban J connectivity index is 1.46. The fourth-order valence-corrected chi connectivity index (χ4v) is 3.41. The highest BCUT2D eigenvalue weighted by Crippen LogP contribution is 2.26. The number of pyridine rings is 1. The molecule has 1 saturated heterocycles. The van der Waals surface area contributed by atoms with Crippen molar-refractivity contribution in [2.75, 3.05) is 13.2 Å². The highest BCUT2D eigenvalue weighted by molar-refractivity contribution is 6.29. The van der Waals surface area contributed by atoms with Crippen LogP contribution in [0.2, 0.25) is 5.15 Å². The lowest BCUT2D eigenvalue weighted by atomic mass is 10.1. The highest BCUT2D eigenvalue weighted by atomic mass is 35.5. The van der Waals surface area contributed by atoms with Crippen molar-refractivity contribution in [1.29, 1.82) is 0 Å². The highest BCUT2D eigenvalue weighted by Gasteiger charge is 2.38. The van der Waals surface area contributed by atoms with Gasteiger partial charge in [0.05, 0.1) is 29.3 Å². The molecule has 0 spiro atoms. The molecule has 3 heterocycles. The summed E-state index contributed by atoms with van der Waals surface area (Å²) in [6, 6.07) is 7.70. The molecule has 1 aromatic heterocycles. The molecule has 0 bridgehead atoms. The maximum Gasteiger partial charge on any atom is 0.338 e. The van der Waals surface area contributed by atoms with Crippen LogP contribution in [0.25, 0.3) is 0 Å². The Labute approximate surface area is 166 Å². The lowest BCUT2D eigenvalue weighted by Gasteiger charge is -2.17. The van der Waals surface area contributed by atoms with E-state index in [-0.39, 0.29) is 36.3 Å². The molecule has 0 saturated carbocycles. The van der Waals surface area contributed by atoms with Gasteiger partial charge in [-0.25, -0.2) is 9.78 Å². The summed E-state index contributed by atoms with van der Waals surface area (Å²) in [6.45, 7) is 0.904. The molecular formula is C20H17ClN2O5. The number of amides is 2. The molecule has 0 N–H and O–H groups in total. The van der Waals surface area contributed by atoms with Crippen molar-refractivity contribution in [2.45, 2.75) is 25.6 Å². The van der Waals surface area contributed by atoms with Crippen LogP contribution in [0.5, 0.6) is 0 Å². The summed E-state index contributed by atoms with van der Waals surface area (Å²) in [7, 11) is 0. The lowest BCUT2D eigenvalue weighted by Crippen LogP contribution is -2.36. The van der Waals surface area contributed by atoms with E-state index in [9.17, 15) is 14.4 Å². The van der Waals surface area contributed by atoms with Crippen molar-refractivity contribution in [3.8, 4) is 0 Å². The molecule has 8 heteroatoms. The van der Waals surface area contributed by atoms with E-state index in [1.165, 1.54) is 29.3 Å². The molecule has 28 heavy (non-hydrogen) atoms. The van der Waals surface area contributed by atoms with Gasteiger partial charge in [0.1, 0.15) is 11.8 Å². The summed E-state index contributed by atoms with van der Waals surface area (Å²) < 4.78 is 10.8. The second-order valence-electron chi connectivity index (χ2n) is 6.68. The first-order valence-electron chi connectivity index (χ1n) is 8.92. The number of halogens is 1. The van der Waals surface area contributed by atoms with Crippen LogP contribution in [-0.2, 0) is 16.1 Å². The Morgan fingerprint density at radius 2 is 2.04 bits per heavy atom. The van der Waals surface area contributed by atoms with Gasteiger partial charge < -0.3 is 9.47 Å². The maximum atomic E-state index is 12.7. The zero-order valence-electron chi connectivity index (χ0n) is 14.9. The lowest BCUT2D eigenvalue weighted by molar-refractivity contribution is 0.0469. The minimum atomic E-state index is -0.587. The average Bonchev–Trinajstić information content (AvgIpc) is 3.30. The SMILES string of the molecule is O=C(OCc1ccc(Cl)nc1)c1ccc2c(c1)C(=O)N(CC1CCCO1)C2=O. The molecule has 2 aliphatic rings. The number of carbonyl (C=O) groups excluding carboxylic acids is 3. The number of hydrogen-bond acceptors (Lipinski definition) is 6. The Hall–Kier alpha value is -2.77. The van der Waals surface area contributed by atoms with E-state index in [2.05, 4.69) is 4.98 Å². The predicted octanol–water partition coefficient (Wildman–Crippen LogP) is 2.87. The molecular weight excluding hydrogens is 384 g/mol. The molecule has 144 valence electrons. The van der Waals surface area contributed by atoms with Crippen molar-refractivity contribution < 1.29 is 23.9 Å². The van der Waals surface area contributed by atoms with E-state index in [0.29, 0.717) is 22.9 Å². The molecule has 0 aliphatic carbocycles. The number of aromatic nitrogens is 1. The maximum absolute atomic E-state index is 12.7. The second-order valence-corrected chi connectivity index (χ2v) is 7.07. The smallest absolute Gasteiger partial charge is 0.338 e. The number of imide groups is 1. The molecule has 1 atom stereocenters. The van der Waals surface area contributed by atoms with Crippen molar-refractivity contribution >= 4 is 29.4 Å². The summed E-state index contributed by atoms with van der Waals surface area (Å²) in [5, 5.41) is 0.351. The van der Waals surface area contributed by atoms with Crippen LogP contribution in [0, 0.1) is 0 Å². The third-order valence-corrected chi connectivity index (χ3v) is 5.00. The number of benzene rings is 1. The quantitative estimate of drug-likeness (QED) is 0.436. The monoisotopic (exact) mass is 400 g/mol. The summed E-state index contributed by atoms with van der Waals surface area (Å²) in [5.41, 5.74) is 1.40. The molecule has 4 rings (SSSR count). The van der Waals surface area contributed by atoms with Gasteiger partial charge >= 0.3 is 5.97 Å². The zero-order valence-corrected chi connectivity index (χ0v) is 15.6. The Bertz CT molecular complexity index is 938. The van der Waals surface area contributed by atoms with Crippen LogP contribution in [0.3, 0.4) is 0 Å². The van der Waals surface area contributed by atoms with Crippen LogP contribution < -0.4 is 0 Å². The number of rotatable bonds is 5. The summed E-state index contributed by atoms with van der Waals surface area (Å²) >= 11 is 5.72. The van der Waals surface area contributed by atoms with Gasteiger partial charge in [-0.15, -0.1) is 0 Å². The normalized spacial score (nSPS) is 18.5. The van der Waals surface area contributed by atoms with Gasteiger partial charge in [-0.2, -0.15) is 0 Å². The molecule has 0 radical (unpaired) electrons. The summed E-state index contributed by atoms with van der Waals surface area (Å²) in [6.07, 6.45) is 3.14. The molecule has 2 aliphatic heterocycles. The van der Waals surface area contributed by atoms with Crippen LogP contribution >= 0.6 is 11.6 Å². The van der Waals surface area contributed by atoms with E-state index >= 15 is 0 Å². The van der Waals surface area contributed by atoms with E-state index in [4.69, 9.17) is 21.1 Å². The first-order chi connectivity index (χ1) is 13.5. The number of carbonyl (C=O) groups is 3. The third-order valence-electron chi connectivity index (χ3n) is 4.78. The first kappa shape index (κ1) is 18.6. The van der Waals surface area contributed by atoms with E-state index in [0.717, 1.165) is 12.8 Å². The Morgan fingerprint density at radius 3 is 2.75 bits per heavy atom. The van der Waals surface area contributed by atoms with Gasteiger partial charge in [0.15, 0.2) is 0 Å². The molecule has 1 unspecified atom stereocenters. The van der Waals surface area contributed by atoms with Crippen LogP contribution in [0.4, 0.5) is 0 Å². The van der Waals surface area contributed by atoms with Gasteiger partial charge in [-0.3, -0.25) is 14.5 Å². The van der Waals surface area contributed by atoms with Crippen LogP contribution in [-0.4, -0.2) is 46.9 Å². The second kappa shape index (κ2) is 7.69. The summed E-state index contributed by atoms with van der Waals surface area (Å²) in [4.78, 5) is 42.6. The predicted molar refractivity (Wildman–Crippen MR) is 99.1 cm³/mol. The average molecular weight is 401 g/mol. The summed E-state index contributed by atoms with van der Waals surface area (Å²) in [5.74, 6) is -1.36. The Kier molecular flexibility index (Phi) is 5.11. The van der Waals surface area contributed by atoms with Crippen molar-refractivity contribution in [3.63, 3.8) is 0 Å².